The zero-order valence-electron chi connectivity index (χ0n) is 12.5. The summed E-state index contributed by atoms with van der Waals surface area (Å²) in [5.74, 6) is 1.71. The summed E-state index contributed by atoms with van der Waals surface area (Å²) >= 11 is 0. The molecular formula is C15H26N2O2. The maximum Gasteiger partial charge on any atom is 0.125 e. The molecule has 0 saturated heterocycles. The first-order valence-electron chi connectivity index (χ1n) is 6.73. The van der Waals surface area contributed by atoms with Gasteiger partial charge in [0.05, 0.1) is 14.2 Å². The van der Waals surface area contributed by atoms with Crippen LogP contribution in [0.3, 0.4) is 0 Å². The number of nitrogens with zero attached hydrogens (tertiary/aromatic N) is 1. The highest BCUT2D eigenvalue weighted by molar-refractivity contribution is 5.40. The molecule has 108 valence electrons. The van der Waals surface area contributed by atoms with E-state index in [9.17, 15) is 0 Å². The van der Waals surface area contributed by atoms with Crippen LogP contribution >= 0.6 is 0 Å². The molecule has 4 nitrogen and oxygen atoms in total. The van der Waals surface area contributed by atoms with Crippen LogP contribution in [0.15, 0.2) is 18.2 Å². The summed E-state index contributed by atoms with van der Waals surface area (Å²) in [6, 6.07) is 6.48. The summed E-state index contributed by atoms with van der Waals surface area (Å²) in [4.78, 5) is 2.33. The molecule has 1 aromatic rings. The molecule has 1 aromatic carbocycles. The lowest BCUT2D eigenvalue weighted by atomic mass is 10.1. The van der Waals surface area contributed by atoms with Crippen LogP contribution in [0, 0.1) is 0 Å². The molecular weight excluding hydrogens is 240 g/mol. The van der Waals surface area contributed by atoms with Gasteiger partial charge in [-0.3, -0.25) is 0 Å². The topological polar surface area (TPSA) is 47.7 Å². The van der Waals surface area contributed by atoms with Crippen LogP contribution in [-0.4, -0.2) is 45.3 Å². The van der Waals surface area contributed by atoms with Gasteiger partial charge in [0.25, 0.3) is 0 Å². The lowest BCUT2D eigenvalue weighted by molar-refractivity contribution is 0.250. The Bertz CT molecular complexity index is 382. The Labute approximate surface area is 116 Å². The molecule has 0 spiro atoms. The summed E-state index contributed by atoms with van der Waals surface area (Å²) in [5.41, 5.74) is 6.80. The fourth-order valence-electron chi connectivity index (χ4n) is 2.04. The van der Waals surface area contributed by atoms with Crippen molar-refractivity contribution in [2.24, 2.45) is 5.73 Å². The Morgan fingerprint density at radius 3 is 2.58 bits per heavy atom. The van der Waals surface area contributed by atoms with Crippen LogP contribution in [0.5, 0.6) is 11.5 Å². The number of likely N-dealkylation sites (N-methyl/N-ethyl adjacent to an activating group) is 1. The van der Waals surface area contributed by atoms with Crippen molar-refractivity contribution >= 4 is 0 Å². The van der Waals surface area contributed by atoms with Crippen molar-refractivity contribution in [2.45, 2.75) is 25.8 Å². The molecule has 2 N–H and O–H groups in total. The second-order valence-electron chi connectivity index (χ2n) is 4.83. The number of methoxy groups -OCH3 is 2. The Balaban J connectivity index is 2.62. The van der Waals surface area contributed by atoms with Gasteiger partial charge in [0.2, 0.25) is 0 Å². The van der Waals surface area contributed by atoms with Gasteiger partial charge in [0.1, 0.15) is 11.5 Å². The van der Waals surface area contributed by atoms with E-state index in [1.54, 1.807) is 14.2 Å². The van der Waals surface area contributed by atoms with Crippen LogP contribution in [0.1, 0.15) is 18.9 Å². The second kappa shape index (κ2) is 8.02. The third-order valence-electron chi connectivity index (χ3n) is 3.56. The molecule has 0 aliphatic rings. The third kappa shape index (κ3) is 4.73. The lowest BCUT2D eigenvalue weighted by Gasteiger charge is -2.24. The molecule has 0 heterocycles. The van der Waals surface area contributed by atoms with Gasteiger partial charge >= 0.3 is 0 Å². The molecule has 0 bridgehead atoms. The van der Waals surface area contributed by atoms with Gasteiger partial charge in [-0.25, -0.2) is 0 Å². The Morgan fingerprint density at radius 1 is 1.26 bits per heavy atom. The van der Waals surface area contributed by atoms with Crippen LogP contribution in [-0.2, 0) is 6.42 Å². The molecule has 4 heteroatoms. The molecule has 0 saturated carbocycles. The zero-order chi connectivity index (χ0) is 14.3. The monoisotopic (exact) mass is 266 g/mol. The largest absolute Gasteiger partial charge is 0.497 e. The molecule has 1 rings (SSSR count). The van der Waals surface area contributed by atoms with Crippen molar-refractivity contribution in [1.82, 2.24) is 4.90 Å². The minimum absolute atomic E-state index is 0.509. The SMILES string of the molecule is COc1ccc(CCN(C)C(C)CCN)c(OC)c1. The van der Waals surface area contributed by atoms with E-state index >= 15 is 0 Å². The van der Waals surface area contributed by atoms with Crippen molar-refractivity contribution in [3.8, 4) is 11.5 Å². The van der Waals surface area contributed by atoms with Crippen LogP contribution < -0.4 is 15.2 Å². The molecule has 1 unspecified atom stereocenters. The third-order valence-corrected chi connectivity index (χ3v) is 3.56. The van der Waals surface area contributed by atoms with Crippen LogP contribution in [0.2, 0.25) is 0 Å². The van der Waals surface area contributed by atoms with Gasteiger partial charge in [0, 0.05) is 18.7 Å². The number of hydrogen-bond donors (Lipinski definition) is 1. The highest BCUT2D eigenvalue weighted by Gasteiger charge is 2.10. The van der Waals surface area contributed by atoms with Crippen molar-refractivity contribution in [1.29, 1.82) is 0 Å². The first-order valence-corrected chi connectivity index (χ1v) is 6.73. The standard InChI is InChI=1S/C15H26N2O2/c1-12(7-9-16)17(2)10-8-13-5-6-14(18-3)11-15(13)19-4/h5-6,11-12H,7-10,16H2,1-4H3. The first kappa shape index (κ1) is 15.8. The van der Waals surface area contributed by atoms with Crippen molar-refractivity contribution in [3.05, 3.63) is 23.8 Å². The lowest BCUT2D eigenvalue weighted by Crippen LogP contribution is -2.32. The van der Waals surface area contributed by atoms with E-state index in [4.69, 9.17) is 15.2 Å². The Morgan fingerprint density at radius 2 is 2.00 bits per heavy atom. The smallest absolute Gasteiger partial charge is 0.125 e. The summed E-state index contributed by atoms with van der Waals surface area (Å²) in [6.07, 6.45) is 1.98. The number of benzene rings is 1. The van der Waals surface area contributed by atoms with E-state index < -0.39 is 0 Å². The average Bonchev–Trinajstić information content (AvgIpc) is 2.44. The average molecular weight is 266 g/mol. The predicted molar refractivity (Wildman–Crippen MR) is 79.0 cm³/mol. The van der Waals surface area contributed by atoms with Crippen LogP contribution in [0.4, 0.5) is 0 Å². The molecule has 0 radical (unpaired) electrons. The number of ether oxygens (including phenoxy) is 2. The maximum absolute atomic E-state index is 5.59. The minimum atomic E-state index is 0.509. The van der Waals surface area contributed by atoms with E-state index in [2.05, 4.69) is 24.9 Å². The van der Waals surface area contributed by atoms with Gasteiger partial charge in [-0.2, -0.15) is 0 Å². The highest BCUT2D eigenvalue weighted by Crippen LogP contribution is 2.25. The normalized spacial score (nSPS) is 12.5. The number of rotatable bonds is 8. The molecule has 1 atom stereocenters. The summed E-state index contributed by atoms with van der Waals surface area (Å²) < 4.78 is 10.6. The first-order chi connectivity index (χ1) is 9.12. The molecule has 0 fully saturated rings. The molecule has 0 aliphatic heterocycles. The predicted octanol–water partition coefficient (Wildman–Crippen LogP) is 1.92. The minimum Gasteiger partial charge on any atom is -0.497 e. The molecule has 0 amide bonds. The van der Waals surface area contributed by atoms with E-state index in [0.29, 0.717) is 6.04 Å². The molecule has 19 heavy (non-hydrogen) atoms. The van der Waals surface area contributed by atoms with E-state index in [-0.39, 0.29) is 0 Å². The molecule has 0 aromatic heterocycles. The van der Waals surface area contributed by atoms with Crippen molar-refractivity contribution in [3.63, 3.8) is 0 Å². The van der Waals surface area contributed by atoms with Gasteiger partial charge < -0.3 is 20.1 Å². The van der Waals surface area contributed by atoms with E-state index in [0.717, 1.165) is 37.4 Å². The quantitative estimate of drug-likeness (QED) is 0.781. The fourth-order valence-corrected chi connectivity index (χ4v) is 2.04. The highest BCUT2D eigenvalue weighted by atomic mass is 16.5. The van der Waals surface area contributed by atoms with Gasteiger partial charge in [-0.05, 0) is 45.0 Å². The second-order valence-corrected chi connectivity index (χ2v) is 4.83. The Hall–Kier alpha value is -1.26. The van der Waals surface area contributed by atoms with Crippen molar-refractivity contribution in [2.75, 3.05) is 34.4 Å². The molecule has 0 aliphatic carbocycles. The van der Waals surface area contributed by atoms with E-state index in [1.807, 2.05) is 12.1 Å². The number of hydrogen-bond acceptors (Lipinski definition) is 4. The fraction of sp³-hybridized carbons (Fsp3) is 0.600. The maximum atomic E-state index is 5.59. The zero-order valence-corrected chi connectivity index (χ0v) is 12.5. The van der Waals surface area contributed by atoms with Crippen molar-refractivity contribution < 1.29 is 9.47 Å². The summed E-state index contributed by atoms with van der Waals surface area (Å²) in [5, 5.41) is 0. The van der Waals surface area contributed by atoms with Gasteiger partial charge in [0.15, 0.2) is 0 Å². The number of nitrogens with two attached hydrogens (primary N) is 1. The van der Waals surface area contributed by atoms with Gasteiger partial charge in [-0.15, -0.1) is 0 Å². The summed E-state index contributed by atoms with van der Waals surface area (Å²) in [7, 11) is 5.49. The van der Waals surface area contributed by atoms with E-state index in [1.165, 1.54) is 5.56 Å². The van der Waals surface area contributed by atoms with Crippen LogP contribution in [0.25, 0.3) is 0 Å². The summed E-state index contributed by atoms with van der Waals surface area (Å²) in [6.45, 7) is 3.93. The Kier molecular flexibility index (Phi) is 6.67. The van der Waals surface area contributed by atoms with Gasteiger partial charge in [-0.1, -0.05) is 6.07 Å².